The molecular formula is C16H12N4O2. The molecule has 0 saturated heterocycles. The Labute approximate surface area is 125 Å². The van der Waals surface area contributed by atoms with Crippen molar-refractivity contribution in [2.24, 2.45) is 0 Å². The van der Waals surface area contributed by atoms with Crippen molar-refractivity contribution < 1.29 is 9.84 Å². The van der Waals surface area contributed by atoms with Gasteiger partial charge in [0.2, 0.25) is 5.88 Å². The maximum atomic E-state index is 9.60. The van der Waals surface area contributed by atoms with Gasteiger partial charge < -0.3 is 14.8 Å². The Kier molecular flexibility index (Phi) is 2.86. The maximum absolute atomic E-state index is 9.60. The third-order valence-corrected chi connectivity index (χ3v) is 3.34. The monoisotopic (exact) mass is 292 g/mol. The number of aromatic hydroxyl groups is 1. The molecule has 0 spiro atoms. The molecule has 0 aliphatic rings. The van der Waals surface area contributed by atoms with Crippen LogP contribution in [-0.2, 0) is 6.61 Å². The molecule has 4 rings (SSSR count). The van der Waals surface area contributed by atoms with Gasteiger partial charge in [-0.3, -0.25) is 0 Å². The molecule has 0 bridgehead atoms. The van der Waals surface area contributed by atoms with Crippen molar-refractivity contribution in [2.75, 3.05) is 0 Å². The average Bonchev–Trinajstić information content (AvgIpc) is 2.95. The van der Waals surface area contributed by atoms with Gasteiger partial charge in [-0.15, -0.1) is 0 Å². The number of nitrogens with one attached hydrogen (secondary N) is 1. The van der Waals surface area contributed by atoms with Crippen LogP contribution in [0.1, 0.15) is 5.82 Å². The fourth-order valence-electron chi connectivity index (χ4n) is 2.36. The number of ether oxygens (including phenoxy) is 1. The quantitative estimate of drug-likeness (QED) is 0.606. The summed E-state index contributed by atoms with van der Waals surface area (Å²) in [6, 6.07) is 14.8. The molecule has 0 saturated carbocycles. The second kappa shape index (κ2) is 5.00. The van der Waals surface area contributed by atoms with E-state index in [9.17, 15) is 5.11 Å². The SMILES string of the molecule is Oc1nc(OCc2nc3ccccc3[nH]2)c2ccccc2n1. The van der Waals surface area contributed by atoms with Gasteiger partial charge in [0.1, 0.15) is 12.4 Å². The highest BCUT2D eigenvalue weighted by molar-refractivity contribution is 5.83. The van der Waals surface area contributed by atoms with E-state index in [1.165, 1.54) is 0 Å². The molecule has 0 radical (unpaired) electrons. The highest BCUT2D eigenvalue weighted by Crippen LogP contribution is 2.24. The van der Waals surface area contributed by atoms with Crippen LogP contribution in [0, 0.1) is 0 Å². The molecule has 0 fully saturated rings. The summed E-state index contributed by atoms with van der Waals surface area (Å²) < 4.78 is 5.71. The van der Waals surface area contributed by atoms with Crippen molar-refractivity contribution >= 4 is 21.9 Å². The second-order valence-electron chi connectivity index (χ2n) is 4.84. The molecule has 2 aromatic heterocycles. The number of benzene rings is 2. The lowest BCUT2D eigenvalue weighted by Crippen LogP contribution is -2.00. The van der Waals surface area contributed by atoms with Gasteiger partial charge in [-0.2, -0.15) is 9.97 Å². The minimum Gasteiger partial charge on any atom is -0.479 e. The molecule has 0 unspecified atom stereocenters. The number of aromatic amines is 1. The summed E-state index contributed by atoms with van der Waals surface area (Å²) in [6.07, 6.45) is 0. The van der Waals surface area contributed by atoms with E-state index in [0.29, 0.717) is 17.2 Å². The topological polar surface area (TPSA) is 83.9 Å². The summed E-state index contributed by atoms with van der Waals surface area (Å²) in [5, 5.41) is 10.3. The molecule has 108 valence electrons. The van der Waals surface area contributed by atoms with E-state index >= 15 is 0 Å². The normalized spacial score (nSPS) is 11.1. The van der Waals surface area contributed by atoms with Crippen LogP contribution in [0.2, 0.25) is 0 Å². The summed E-state index contributed by atoms with van der Waals surface area (Å²) in [5.41, 5.74) is 2.47. The van der Waals surface area contributed by atoms with E-state index in [4.69, 9.17) is 4.74 Å². The smallest absolute Gasteiger partial charge is 0.317 e. The highest BCUT2D eigenvalue weighted by atomic mass is 16.5. The van der Waals surface area contributed by atoms with Crippen molar-refractivity contribution in [2.45, 2.75) is 6.61 Å². The van der Waals surface area contributed by atoms with Crippen LogP contribution in [0.5, 0.6) is 11.9 Å². The van der Waals surface area contributed by atoms with Gasteiger partial charge in [-0.1, -0.05) is 24.3 Å². The van der Waals surface area contributed by atoms with Crippen LogP contribution in [0.4, 0.5) is 0 Å². The van der Waals surface area contributed by atoms with Gasteiger partial charge in [0.15, 0.2) is 0 Å². The van der Waals surface area contributed by atoms with E-state index in [1.807, 2.05) is 42.5 Å². The summed E-state index contributed by atoms with van der Waals surface area (Å²) >= 11 is 0. The third kappa shape index (κ3) is 2.20. The number of aromatic nitrogens is 4. The number of hydrogen-bond acceptors (Lipinski definition) is 5. The summed E-state index contributed by atoms with van der Waals surface area (Å²) in [7, 11) is 0. The van der Waals surface area contributed by atoms with Crippen LogP contribution < -0.4 is 4.74 Å². The van der Waals surface area contributed by atoms with E-state index in [1.54, 1.807) is 6.07 Å². The molecule has 2 heterocycles. The third-order valence-electron chi connectivity index (χ3n) is 3.34. The van der Waals surface area contributed by atoms with Gasteiger partial charge in [-0.25, -0.2) is 4.98 Å². The average molecular weight is 292 g/mol. The fraction of sp³-hybridized carbons (Fsp3) is 0.0625. The highest BCUT2D eigenvalue weighted by Gasteiger charge is 2.09. The largest absolute Gasteiger partial charge is 0.479 e. The van der Waals surface area contributed by atoms with Crippen molar-refractivity contribution in [1.82, 2.24) is 19.9 Å². The minimum absolute atomic E-state index is 0.231. The van der Waals surface area contributed by atoms with Gasteiger partial charge in [-0.05, 0) is 24.3 Å². The molecule has 0 aliphatic heterocycles. The Bertz CT molecular complexity index is 932. The van der Waals surface area contributed by atoms with Gasteiger partial charge >= 0.3 is 6.01 Å². The molecule has 2 N–H and O–H groups in total. The zero-order chi connectivity index (χ0) is 14.9. The summed E-state index contributed by atoms with van der Waals surface area (Å²) in [6.45, 7) is 0.231. The van der Waals surface area contributed by atoms with Crippen LogP contribution in [0.25, 0.3) is 21.9 Å². The molecule has 6 nitrogen and oxygen atoms in total. The van der Waals surface area contributed by atoms with E-state index in [2.05, 4.69) is 19.9 Å². The predicted molar refractivity (Wildman–Crippen MR) is 81.6 cm³/mol. The van der Waals surface area contributed by atoms with E-state index in [0.717, 1.165) is 16.4 Å². The first kappa shape index (κ1) is 12.6. The van der Waals surface area contributed by atoms with Crippen LogP contribution >= 0.6 is 0 Å². The Morgan fingerprint density at radius 3 is 2.55 bits per heavy atom. The number of rotatable bonds is 3. The first-order valence-electron chi connectivity index (χ1n) is 6.82. The molecule has 22 heavy (non-hydrogen) atoms. The van der Waals surface area contributed by atoms with Crippen LogP contribution in [0.3, 0.4) is 0 Å². The van der Waals surface area contributed by atoms with Crippen molar-refractivity contribution in [3.63, 3.8) is 0 Å². The zero-order valence-electron chi connectivity index (χ0n) is 11.5. The lowest BCUT2D eigenvalue weighted by atomic mass is 10.2. The maximum Gasteiger partial charge on any atom is 0.317 e. The first-order valence-corrected chi connectivity index (χ1v) is 6.82. The standard InChI is InChI=1S/C16H12N4O2/c21-16-19-11-6-2-1-5-10(11)15(20-16)22-9-14-17-12-7-3-4-8-13(12)18-14/h1-8H,9H2,(H,17,18)(H,19,20,21). The lowest BCUT2D eigenvalue weighted by Gasteiger charge is -2.06. The number of H-pyrrole nitrogens is 1. The van der Waals surface area contributed by atoms with Gasteiger partial charge in [0, 0.05) is 0 Å². The van der Waals surface area contributed by atoms with Crippen LogP contribution in [-0.4, -0.2) is 25.0 Å². The Hall–Kier alpha value is -3.15. The number of fused-ring (bicyclic) bond motifs is 2. The number of hydrogen-bond donors (Lipinski definition) is 2. The second-order valence-corrected chi connectivity index (χ2v) is 4.84. The van der Waals surface area contributed by atoms with Crippen molar-refractivity contribution in [1.29, 1.82) is 0 Å². The Morgan fingerprint density at radius 2 is 1.68 bits per heavy atom. The summed E-state index contributed by atoms with van der Waals surface area (Å²) in [5.74, 6) is 1.03. The number of imidazole rings is 1. The first-order chi connectivity index (χ1) is 10.8. The molecule has 4 aromatic rings. The van der Waals surface area contributed by atoms with Gasteiger partial charge in [0.05, 0.1) is 21.9 Å². The minimum atomic E-state index is -0.307. The van der Waals surface area contributed by atoms with Gasteiger partial charge in [0.25, 0.3) is 0 Å². The molecule has 2 aromatic carbocycles. The molecule has 0 amide bonds. The summed E-state index contributed by atoms with van der Waals surface area (Å²) in [4.78, 5) is 15.5. The predicted octanol–water partition coefficient (Wildman–Crippen LogP) is 2.79. The van der Waals surface area contributed by atoms with Crippen LogP contribution in [0.15, 0.2) is 48.5 Å². The Morgan fingerprint density at radius 1 is 0.909 bits per heavy atom. The molecule has 6 heteroatoms. The fourth-order valence-corrected chi connectivity index (χ4v) is 2.36. The lowest BCUT2D eigenvalue weighted by molar-refractivity contribution is 0.283. The number of nitrogens with zero attached hydrogens (tertiary/aromatic N) is 3. The van der Waals surface area contributed by atoms with Crippen molar-refractivity contribution in [3.05, 3.63) is 54.4 Å². The Balaban J connectivity index is 1.66. The van der Waals surface area contributed by atoms with E-state index in [-0.39, 0.29) is 12.6 Å². The van der Waals surface area contributed by atoms with Crippen molar-refractivity contribution in [3.8, 4) is 11.9 Å². The molecular weight excluding hydrogens is 280 g/mol. The van der Waals surface area contributed by atoms with E-state index < -0.39 is 0 Å². The zero-order valence-corrected chi connectivity index (χ0v) is 11.5. The number of para-hydroxylation sites is 3. The molecule has 0 aliphatic carbocycles. The molecule has 0 atom stereocenters.